The molecule has 1 aromatic carbocycles. The van der Waals surface area contributed by atoms with Crippen LogP contribution in [0, 0.1) is 13.8 Å². The molecule has 3 N–H and O–H groups in total. The van der Waals surface area contributed by atoms with Gasteiger partial charge in [-0.25, -0.2) is 4.98 Å². The number of hydrogen-bond donors (Lipinski definition) is 3. The van der Waals surface area contributed by atoms with Crippen molar-refractivity contribution in [2.75, 3.05) is 6.54 Å². The van der Waals surface area contributed by atoms with Gasteiger partial charge in [-0.2, -0.15) is 5.10 Å². The summed E-state index contributed by atoms with van der Waals surface area (Å²) in [6, 6.07) is 6.40. The molecule has 0 saturated carbocycles. The van der Waals surface area contributed by atoms with E-state index < -0.39 is 0 Å². The Balaban J connectivity index is 1.78. The Bertz CT molecular complexity index is 1140. The number of fused-ring (bicyclic) bond motifs is 1. The number of pyridine rings is 1. The van der Waals surface area contributed by atoms with E-state index >= 15 is 0 Å². The highest BCUT2D eigenvalue weighted by Gasteiger charge is 2.15. The van der Waals surface area contributed by atoms with Crippen molar-refractivity contribution >= 4 is 10.9 Å². The van der Waals surface area contributed by atoms with Gasteiger partial charge in [-0.15, -0.1) is 0 Å². The lowest BCUT2D eigenvalue weighted by molar-refractivity contribution is 0.721. The zero-order chi connectivity index (χ0) is 20.4. The second-order valence-electron chi connectivity index (χ2n) is 7.49. The molecule has 0 atom stereocenters. The summed E-state index contributed by atoms with van der Waals surface area (Å²) in [5.41, 5.74) is 8.87. The topological polar surface area (TPSA) is 82.3 Å². The largest absolute Gasteiger partial charge is 0.340 e. The number of aryl methyl sites for hydroxylation is 2. The predicted octanol–water partition coefficient (Wildman–Crippen LogP) is 4.69. The molecule has 150 valence electrons. The summed E-state index contributed by atoms with van der Waals surface area (Å²) in [5.74, 6) is 0.824. The van der Waals surface area contributed by atoms with Gasteiger partial charge < -0.3 is 10.3 Å². The molecule has 0 radical (unpaired) electrons. The van der Waals surface area contributed by atoms with E-state index in [1.54, 1.807) is 0 Å². The highest BCUT2D eigenvalue weighted by Crippen LogP contribution is 2.31. The van der Waals surface area contributed by atoms with Crippen LogP contribution in [0.1, 0.15) is 42.8 Å². The van der Waals surface area contributed by atoms with Crippen LogP contribution >= 0.6 is 0 Å². The molecule has 0 aliphatic rings. The van der Waals surface area contributed by atoms with Crippen LogP contribution in [0.3, 0.4) is 0 Å². The molecule has 29 heavy (non-hydrogen) atoms. The molecule has 6 nitrogen and oxygen atoms in total. The third-order valence-corrected chi connectivity index (χ3v) is 5.46. The zero-order valence-corrected chi connectivity index (χ0v) is 17.6. The quantitative estimate of drug-likeness (QED) is 0.429. The van der Waals surface area contributed by atoms with Crippen LogP contribution in [0.2, 0.25) is 0 Å². The first-order valence-corrected chi connectivity index (χ1v) is 10.3. The normalized spacial score (nSPS) is 11.4. The minimum absolute atomic E-state index is 0.824. The smallest absolute Gasteiger partial charge is 0.159 e. The Morgan fingerprint density at radius 3 is 2.76 bits per heavy atom. The van der Waals surface area contributed by atoms with E-state index in [2.05, 4.69) is 71.4 Å². The Kier molecular flexibility index (Phi) is 5.45. The lowest BCUT2D eigenvalue weighted by Crippen LogP contribution is -2.13. The van der Waals surface area contributed by atoms with Crippen molar-refractivity contribution in [3.63, 3.8) is 0 Å². The second kappa shape index (κ2) is 8.17. The summed E-state index contributed by atoms with van der Waals surface area (Å²) < 4.78 is 0. The highest BCUT2D eigenvalue weighted by molar-refractivity contribution is 5.94. The number of nitrogens with one attached hydrogen (secondary N) is 3. The van der Waals surface area contributed by atoms with Gasteiger partial charge in [-0.1, -0.05) is 26.3 Å². The Morgan fingerprint density at radius 2 is 1.97 bits per heavy atom. The number of rotatable bonds is 7. The molecule has 3 aromatic heterocycles. The van der Waals surface area contributed by atoms with Crippen molar-refractivity contribution in [2.45, 2.75) is 47.1 Å². The van der Waals surface area contributed by atoms with Crippen LogP contribution < -0.4 is 5.32 Å². The maximum Gasteiger partial charge on any atom is 0.159 e. The molecule has 4 rings (SSSR count). The van der Waals surface area contributed by atoms with E-state index in [0.29, 0.717) is 0 Å². The summed E-state index contributed by atoms with van der Waals surface area (Å²) >= 11 is 0. The molecule has 0 bridgehead atoms. The van der Waals surface area contributed by atoms with Crippen LogP contribution in [0.15, 0.2) is 30.6 Å². The summed E-state index contributed by atoms with van der Waals surface area (Å²) in [7, 11) is 0. The van der Waals surface area contributed by atoms with Crippen molar-refractivity contribution in [3.8, 4) is 22.6 Å². The van der Waals surface area contributed by atoms with Crippen LogP contribution in [-0.4, -0.2) is 31.7 Å². The van der Waals surface area contributed by atoms with Crippen molar-refractivity contribution < 1.29 is 0 Å². The second-order valence-corrected chi connectivity index (χ2v) is 7.49. The number of imidazole rings is 1. The molecule has 4 aromatic rings. The molecule has 0 amide bonds. The van der Waals surface area contributed by atoms with Crippen LogP contribution in [-0.2, 0) is 13.0 Å². The molecule has 0 aliphatic heterocycles. The number of aromatic nitrogens is 5. The van der Waals surface area contributed by atoms with Crippen LogP contribution in [0.4, 0.5) is 0 Å². The maximum absolute atomic E-state index is 4.80. The van der Waals surface area contributed by atoms with Gasteiger partial charge in [-0.05, 0) is 55.6 Å². The monoisotopic (exact) mass is 388 g/mol. The third kappa shape index (κ3) is 3.68. The Hall–Kier alpha value is -2.99. The summed E-state index contributed by atoms with van der Waals surface area (Å²) in [4.78, 5) is 12.7. The van der Waals surface area contributed by atoms with Gasteiger partial charge >= 0.3 is 0 Å². The fourth-order valence-electron chi connectivity index (χ4n) is 3.75. The molecule has 0 fully saturated rings. The molecule has 0 unspecified atom stereocenters. The fraction of sp³-hybridized carbons (Fsp3) is 0.348. The first-order valence-electron chi connectivity index (χ1n) is 10.3. The average molecular weight is 389 g/mol. The molecular weight excluding hydrogens is 360 g/mol. The van der Waals surface area contributed by atoms with E-state index in [9.17, 15) is 0 Å². The van der Waals surface area contributed by atoms with E-state index in [1.165, 1.54) is 11.1 Å². The van der Waals surface area contributed by atoms with E-state index in [4.69, 9.17) is 4.98 Å². The third-order valence-electron chi connectivity index (χ3n) is 5.46. The molecule has 0 spiro atoms. The minimum atomic E-state index is 0.824. The SMILES string of the molecule is CCCc1nc(-c2n[nH]c3ccc(-c4cncc(CNCC)c4C)cc23)[nH]c1C. The summed E-state index contributed by atoms with van der Waals surface area (Å²) in [6.45, 7) is 10.3. The standard InChI is InChI=1S/C23H28N6/c1-5-7-20-15(4)26-23(27-20)22-18-10-16(8-9-21(18)28-29-22)19-13-25-12-17(14(19)3)11-24-6-2/h8-10,12-13,24H,5-7,11H2,1-4H3,(H,26,27)(H,28,29). The highest BCUT2D eigenvalue weighted by atomic mass is 15.1. The first-order chi connectivity index (χ1) is 14.1. The molecule has 0 saturated heterocycles. The number of benzene rings is 1. The number of nitrogens with zero attached hydrogens (tertiary/aromatic N) is 3. The fourth-order valence-corrected chi connectivity index (χ4v) is 3.75. The van der Waals surface area contributed by atoms with Gasteiger partial charge in [-0.3, -0.25) is 10.1 Å². The zero-order valence-electron chi connectivity index (χ0n) is 17.6. The lowest BCUT2D eigenvalue weighted by atomic mass is 9.98. The predicted molar refractivity (Wildman–Crippen MR) is 118 cm³/mol. The minimum Gasteiger partial charge on any atom is -0.340 e. The van der Waals surface area contributed by atoms with Crippen LogP contribution in [0.5, 0.6) is 0 Å². The van der Waals surface area contributed by atoms with Gasteiger partial charge in [0.25, 0.3) is 0 Å². The Labute approximate surface area is 171 Å². The molecular formula is C23H28N6. The van der Waals surface area contributed by atoms with Gasteiger partial charge in [0.05, 0.1) is 11.2 Å². The average Bonchev–Trinajstić information content (AvgIpc) is 3.30. The number of aromatic amines is 2. The lowest BCUT2D eigenvalue weighted by Gasteiger charge is -2.11. The first kappa shape index (κ1) is 19.3. The van der Waals surface area contributed by atoms with Crippen molar-refractivity contribution in [1.29, 1.82) is 0 Å². The van der Waals surface area contributed by atoms with Crippen molar-refractivity contribution in [1.82, 2.24) is 30.5 Å². The Morgan fingerprint density at radius 1 is 1.10 bits per heavy atom. The molecule has 0 aliphatic carbocycles. The van der Waals surface area contributed by atoms with Gasteiger partial charge in [0.2, 0.25) is 0 Å². The van der Waals surface area contributed by atoms with E-state index in [1.807, 2.05) is 12.4 Å². The van der Waals surface area contributed by atoms with Gasteiger partial charge in [0, 0.05) is 35.6 Å². The molecule has 3 heterocycles. The number of hydrogen-bond acceptors (Lipinski definition) is 4. The van der Waals surface area contributed by atoms with E-state index in [0.717, 1.165) is 70.9 Å². The van der Waals surface area contributed by atoms with Crippen molar-refractivity contribution in [2.24, 2.45) is 0 Å². The van der Waals surface area contributed by atoms with E-state index in [-0.39, 0.29) is 0 Å². The molecule has 6 heteroatoms. The van der Waals surface area contributed by atoms with Crippen molar-refractivity contribution in [3.05, 3.63) is 53.1 Å². The summed E-state index contributed by atoms with van der Waals surface area (Å²) in [5, 5.41) is 12.2. The van der Waals surface area contributed by atoms with Crippen LogP contribution in [0.25, 0.3) is 33.5 Å². The summed E-state index contributed by atoms with van der Waals surface area (Å²) in [6.07, 6.45) is 5.94. The van der Waals surface area contributed by atoms with Gasteiger partial charge in [0.1, 0.15) is 5.69 Å². The maximum atomic E-state index is 4.80. The van der Waals surface area contributed by atoms with Gasteiger partial charge in [0.15, 0.2) is 5.82 Å². The number of H-pyrrole nitrogens is 2.